The summed E-state index contributed by atoms with van der Waals surface area (Å²) in [5.74, 6) is 0. The zero-order valence-electron chi connectivity index (χ0n) is 6.24. The van der Waals surface area contributed by atoms with Crippen LogP contribution in [0, 0.1) is 0 Å². The summed E-state index contributed by atoms with van der Waals surface area (Å²) in [6.45, 7) is 1.35. The van der Waals surface area contributed by atoms with Gasteiger partial charge >= 0.3 is 0 Å². The van der Waals surface area contributed by atoms with Crippen molar-refractivity contribution >= 4 is 15.9 Å². The summed E-state index contributed by atoms with van der Waals surface area (Å²) < 4.78 is 7.04. The van der Waals surface area contributed by atoms with Gasteiger partial charge in [-0.25, -0.2) is 4.98 Å². The minimum Gasteiger partial charge on any atom is -0.371 e. The van der Waals surface area contributed by atoms with Crippen molar-refractivity contribution in [1.82, 2.24) is 9.55 Å². The first-order chi connectivity index (χ1) is 5.77. The van der Waals surface area contributed by atoms with Crippen molar-refractivity contribution in [3.63, 3.8) is 0 Å². The van der Waals surface area contributed by atoms with E-state index in [4.69, 9.17) is 4.74 Å². The first kappa shape index (κ1) is 7.94. The summed E-state index contributed by atoms with van der Waals surface area (Å²) in [4.78, 5) is 15.2. The molecule has 5 heteroatoms. The van der Waals surface area contributed by atoms with E-state index in [1.807, 2.05) is 0 Å². The Morgan fingerprint density at radius 3 is 3.25 bits per heavy atom. The quantitative estimate of drug-likeness (QED) is 0.692. The standard InChI is InChI=1S/C7H7BrN2O2/c8-6-1-9-4-10(7(6)11)2-5-3-12-5/h1,4-5H,2-3H2. The number of nitrogens with zero attached hydrogens (tertiary/aromatic N) is 2. The monoisotopic (exact) mass is 230 g/mol. The molecular weight excluding hydrogens is 224 g/mol. The summed E-state index contributed by atoms with van der Waals surface area (Å²) in [5, 5.41) is 0. The fraction of sp³-hybridized carbons (Fsp3) is 0.429. The van der Waals surface area contributed by atoms with Crippen LogP contribution in [0.25, 0.3) is 0 Å². The highest BCUT2D eigenvalue weighted by molar-refractivity contribution is 9.10. The molecule has 1 atom stereocenters. The molecule has 1 fully saturated rings. The fourth-order valence-electron chi connectivity index (χ4n) is 0.947. The minimum absolute atomic E-state index is 0.0551. The van der Waals surface area contributed by atoms with Crippen molar-refractivity contribution < 1.29 is 4.74 Å². The van der Waals surface area contributed by atoms with E-state index in [9.17, 15) is 4.79 Å². The number of ether oxygens (including phenoxy) is 1. The van der Waals surface area contributed by atoms with E-state index in [-0.39, 0.29) is 11.7 Å². The molecule has 1 aromatic heterocycles. The lowest BCUT2D eigenvalue weighted by Gasteiger charge is -2.00. The smallest absolute Gasteiger partial charge is 0.267 e. The Labute approximate surface area is 77.3 Å². The third-order valence-electron chi connectivity index (χ3n) is 1.66. The zero-order valence-corrected chi connectivity index (χ0v) is 7.82. The third-order valence-corrected chi connectivity index (χ3v) is 2.21. The van der Waals surface area contributed by atoms with Crippen LogP contribution in [0.4, 0.5) is 0 Å². The van der Waals surface area contributed by atoms with Crippen molar-refractivity contribution in [2.24, 2.45) is 0 Å². The largest absolute Gasteiger partial charge is 0.371 e. The van der Waals surface area contributed by atoms with Crippen LogP contribution >= 0.6 is 15.9 Å². The summed E-state index contributed by atoms with van der Waals surface area (Å²) in [5.41, 5.74) is -0.0551. The Balaban J connectivity index is 2.29. The van der Waals surface area contributed by atoms with Crippen LogP contribution in [0.15, 0.2) is 21.8 Å². The van der Waals surface area contributed by atoms with Gasteiger partial charge in [0.25, 0.3) is 5.56 Å². The van der Waals surface area contributed by atoms with E-state index in [1.165, 1.54) is 12.5 Å². The van der Waals surface area contributed by atoms with Crippen molar-refractivity contribution in [2.45, 2.75) is 12.6 Å². The molecule has 4 nitrogen and oxygen atoms in total. The topological polar surface area (TPSA) is 47.4 Å². The van der Waals surface area contributed by atoms with Crippen molar-refractivity contribution in [1.29, 1.82) is 0 Å². The van der Waals surface area contributed by atoms with Crippen LogP contribution in [0.1, 0.15) is 0 Å². The van der Waals surface area contributed by atoms with E-state index >= 15 is 0 Å². The van der Waals surface area contributed by atoms with Gasteiger partial charge in [-0.3, -0.25) is 9.36 Å². The summed E-state index contributed by atoms with van der Waals surface area (Å²) in [6.07, 6.45) is 3.22. The molecule has 0 radical (unpaired) electrons. The first-order valence-electron chi connectivity index (χ1n) is 3.59. The normalized spacial score (nSPS) is 20.9. The van der Waals surface area contributed by atoms with Gasteiger partial charge < -0.3 is 4.74 Å². The van der Waals surface area contributed by atoms with Gasteiger partial charge in [0, 0.05) is 6.20 Å². The van der Waals surface area contributed by atoms with Crippen molar-refractivity contribution in [3.8, 4) is 0 Å². The second-order valence-electron chi connectivity index (χ2n) is 2.65. The van der Waals surface area contributed by atoms with Crippen molar-refractivity contribution in [2.75, 3.05) is 6.61 Å². The maximum atomic E-state index is 11.4. The lowest BCUT2D eigenvalue weighted by molar-refractivity contribution is 0.379. The van der Waals surface area contributed by atoms with Crippen LogP contribution < -0.4 is 5.56 Å². The molecule has 1 aliphatic rings. The molecule has 1 saturated heterocycles. The Bertz CT molecular complexity index is 346. The number of halogens is 1. The van der Waals surface area contributed by atoms with E-state index in [0.717, 1.165) is 6.61 Å². The highest BCUT2D eigenvalue weighted by atomic mass is 79.9. The maximum absolute atomic E-state index is 11.4. The molecule has 64 valence electrons. The summed E-state index contributed by atoms with van der Waals surface area (Å²) in [7, 11) is 0. The summed E-state index contributed by atoms with van der Waals surface area (Å²) >= 11 is 3.12. The molecule has 2 heterocycles. The highest BCUT2D eigenvalue weighted by Gasteiger charge is 2.23. The average molecular weight is 231 g/mol. The maximum Gasteiger partial charge on any atom is 0.267 e. The molecular formula is C7H7BrN2O2. The van der Waals surface area contributed by atoms with Gasteiger partial charge in [-0.2, -0.15) is 0 Å². The zero-order chi connectivity index (χ0) is 8.55. The average Bonchev–Trinajstić information content (AvgIpc) is 2.83. The lowest BCUT2D eigenvalue weighted by atomic mass is 10.4. The molecule has 2 rings (SSSR count). The number of hydrogen-bond donors (Lipinski definition) is 0. The van der Waals surface area contributed by atoms with Gasteiger partial charge in [-0.05, 0) is 15.9 Å². The van der Waals surface area contributed by atoms with E-state index in [1.54, 1.807) is 4.57 Å². The summed E-state index contributed by atoms with van der Waals surface area (Å²) in [6, 6.07) is 0. The Morgan fingerprint density at radius 2 is 2.58 bits per heavy atom. The molecule has 0 aliphatic carbocycles. The van der Waals surface area contributed by atoms with Crippen molar-refractivity contribution in [3.05, 3.63) is 27.4 Å². The predicted octanol–water partition coefficient (Wildman–Crippen LogP) is 0.405. The minimum atomic E-state index is -0.0551. The van der Waals surface area contributed by atoms with Crippen LogP contribution in [0.5, 0.6) is 0 Å². The Morgan fingerprint density at radius 1 is 1.83 bits per heavy atom. The number of epoxide rings is 1. The third kappa shape index (κ3) is 1.56. The molecule has 0 bridgehead atoms. The number of aromatic nitrogens is 2. The van der Waals surface area contributed by atoms with E-state index < -0.39 is 0 Å². The SMILES string of the molecule is O=c1c(Br)cncn1CC1CO1. The van der Waals surface area contributed by atoms with Crippen LogP contribution in [0.2, 0.25) is 0 Å². The van der Waals surface area contributed by atoms with Crippen LogP contribution in [-0.4, -0.2) is 22.3 Å². The number of rotatable bonds is 2. The Kier molecular flexibility index (Phi) is 1.98. The van der Waals surface area contributed by atoms with Gasteiger partial charge in [0.1, 0.15) is 4.47 Å². The molecule has 0 saturated carbocycles. The molecule has 1 aromatic rings. The first-order valence-corrected chi connectivity index (χ1v) is 4.38. The molecule has 0 amide bonds. The molecule has 12 heavy (non-hydrogen) atoms. The Hall–Kier alpha value is -0.680. The van der Waals surface area contributed by atoms with Gasteiger partial charge in [0.05, 0.1) is 25.6 Å². The molecule has 1 unspecified atom stereocenters. The van der Waals surface area contributed by atoms with E-state index in [2.05, 4.69) is 20.9 Å². The molecule has 1 aliphatic heterocycles. The molecule has 0 N–H and O–H groups in total. The second kappa shape index (κ2) is 2.99. The van der Waals surface area contributed by atoms with Gasteiger partial charge in [0.2, 0.25) is 0 Å². The highest BCUT2D eigenvalue weighted by Crippen LogP contribution is 2.10. The van der Waals surface area contributed by atoms with Crippen LogP contribution in [-0.2, 0) is 11.3 Å². The van der Waals surface area contributed by atoms with Gasteiger partial charge in [-0.1, -0.05) is 0 Å². The van der Waals surface area contributed by atoms with Gasteiger partial charge in [0.15, 0.2) is 0 Å². The van der Waals surface area contributed by atoms with E-state index in [0.29, 0.717) is 11.0 Å². The predicted molar refractivity (Wildman–Crippen MR) is 45.9 cm³/mol. The van der Waals surface area contributed by atoms with Gasteiger partial charge in [-0.15, -0.1) is 0 Å². The molecule has 0 spiro atoms. The van der Waals surface area contributed by atoms with Crippen LogP contribution in [0.3, 0.4) is 0 Å². The lowest BCUT2D eigenvalue weighted by Crippen LogP contribution is -2.22. The molecule has 0 aromatic carbocycles. The number of hydrogen-bond acceptors (Lipinski definition) is 3. The fourth-order valence-corrected chi connectivity index (χ4v) is 1.29. The second-order valence-corrected chi connectivity index (χ2v) is 3.51.